The number of nitriles is 1. The quantitative estimate of drug-likeness (QED) is 0.187. The minimum absolute atomic E-state index is 0.206. The van der Waals surface area contributed by atoms with Gasteiger partial charge in [-0.2, -0.15) is 10.7 Å². The summed E-state index contributed by atoms with van der Waals surface area (Å²) in [5.74, 6) is -1.26. The molecule has 0 aliphatic carbocycles. The van der Waals surface area contributed by atoms with Crippen LogP contribution in [0.4, 0.5) is 4.48 Å². The van der Waals surface area contributed by atoms with Crippen LogP contribution in [0.25, 0.3) is 0 Å². The summed E-state index contributed by atoms with van der Waals surface area (Å²) in [7, 11) is 0. The Labute approximate surface area is 67.1 Å². The molecule has 0 saturated carbocycles. The van der Waals surface area contributed by atoms with Crippen molar-refractivity contribution in [3.63, 3.8) is 0 Å². The molecule has 2 N–H and O–H groups in total. The number of carbonyl (C=O) groups excluding carboxylic acids is 1. The van der Waals surface area contributed by atoms with E-state index in [-0.39, 0.29) is 6.29 Å². The molecule has 0 radical (unpaired) electrons. The number of carbonyl (C=O) groups is 2. The molecule has 0 amide bonds. The van der Waals surface area contributed by atoms with Gasteiger partial charge in [0.25, 0.3) is 0 Å². The number of nitrogens with zero attached hydrogens (tertiary/aromatic N) is 2. The topological polar surface area (TPSA) is 93.4 Å². The number of halogens is 1. The van der Waals surface area contributed by atoms with Crippen LogP contribution >= 0.6 is 0 Å². The van der Waals surface area contributed by atoms with E-state index in [0.717, 1.165) is 6.19 Å². The maximum absolute atomic E-state index is 12.0. The van der Waals surface area contributed by atoms with E-state index in [4.69, 9.17) is 10.4 Å². The normalized spacial score (nSPS) is 11.3. The monoisotopic (exact) mass is 175 g/mol. The van der Waals surface area contributed by atoms with Gasteiger partial charge in [0.1, 0.15) is 6.29 Å². The van der Waals surface area contributed by atoms with Crippen molar-refractivity contribution < 1.29 is 19.2 Å². The first kappa shape index (κ1) is 10.3. The van der Waals surface area contributed by atoms with Crippen LogP contribution in [0, 0.1) is 11.5 Å². The van der Waals surface area contributed by atoms with Crippen molar-refractivity contribution in [1.82, 2.24) is 10.7 Å². The van der Waals surface area contributed by atoms with Crippen LogP contribution in [0.1, 0.15) is 6.42 Å². The Hall–Kier alpha value is -1.68. The molecule has 0 aromatic heterocycles. The molecule has 0 aliphatic heterocycles. The van der Waals surface area contributed by atoms with Crippen LogP contribution in [0.5, 0.6) is 0 Å². The third kappa shape index (κ3) is 4.19. The largest absolute Gasteiger partial charge is 0.481 e. The Morgan fingerprint density at radius 2 is 2.50 bits per heavy atom. The van der Waals surface area contributed by atoms with Gasteiger partial charge in [0.05, 0.1) is 12.5 Å². The van der Waals surface area contributed by atoms with Crippen molar-refractivity contribution >= 4 is 12.3 Å². The average Bonchev–Trinajstić information content (AvgIpc) is 2.02. The van der Waals surface area contributed by atoms with Crippen LogP contribution in [0.2, 0.25) is 0 Å². The Morgan fingerprint density at radius 3 is 2.83 bits per heavy atom. The van der Waals surface area contributed by atoms with Gasteiger partial charge in [-0.3, -0.25) is 4.79 Å². The summed E-state index contributed by atoms with van der Waals surface area (Å²) in [6.07, 6.45) is 0.635. The summed E-state index contributed by atoms with van der Waals surface area (Å²) >= 11 is 0. The number of hydrogen-bond donors (Lipinski definition) is 2. The predicted octanol–water partition coefficient (Wildman–Crippen LogP) is -0.799. The molecule has 0 heterocycles. The minimum atomic E-state index is -1.26. The molecule has 0 aromatic rings. The van der Waals surface area contributed by atoms with Gasteiger partial charge in [-0.15, -0.1) is 0 Å². The Bertz CT molecular complexity index is 214. The molecule has 7 heteroatoms. The molecule has 1 atom stereocenters. The molecule has 66 valence electrons. The fourth-order valence-electron chi connectivity index (χ4n) is 0.487. The lowest BCUT2D eigenvalue weighted by Gasteiger charge is -2.10. The van der Waals surface area contributed by atoms with E-state index in [1.54, 1.807) is 5.43 Å². The van der Waals surface area contributed by atoms with E-state index < -0.39 is 23.7 Å². The number of hydrazine groups is 1. The number of hydrogen-bond acceptors (Lipinski definition) is 5. The first-order valence-electron chi connectivity index (χ1n) is 2.89. The standard InChI is InChI=1S/C5H6FN3O3/c6-9(3-7)8-4(2-10)1-5(11)12/h2,4,8H,1H2,(H,11,12)/t4-/m0/s1. The van der Waals surface area contributed by atoms with Gasteiger partial charge in [0.2, 0.25) is 6.19 Å². The zero-order valence-electron chi connectivity index (χ0n) is 5.90. The number of carboxylic acids is 1. The maximum Gasteiger partial charge on any atom is 0.305 e. The molecule has 0 aliphatic rings. The number of aldehydes is 1. The summed E-state index contributed by atoms with van der Waals surface area (Å²) in [5, 5.41) is 15.5. The molecule has 0 saturated heterocycles. The molecule has 0 unspecified atom stereocenters. The van der Waals surface area contributed by atoms with Gasteiger partial charge in [0, 0.05) is 0 Å². The summed E-state index contributed by atoms with van der Waals surface area (Å²) in [6, 6.07) is -1.23. The van der Waals surface area contributed by atoms with Crippen LogP contribution in [-0.2, 0) is 9.59 Å². The molecule has 0 fully saturated rings. The Balaban J connectivity index is 3.92. The van der Waals surface area contributed by atoms with E-state index in [0.29, 0.717) is 0 Å². The summed E-state index contributed by atoms with van der Waals surface area (Å²) < 4.78 is 12.0. The van der Waals surface area contributed by atoms with E-state index in [9.17, 15) is 14.1 Å². The number of rotatable bonds is 5. The average molecular weight is 175 g/mol. The lowest BCUT2D eigenvalue weighted by Crippen LogP contribution is -2.39. The Morgan fingerprint density at radius 1 is 1.92 bits per heavy atom. The highest BCUT2D eigenvalue weighted by Gasteiger charge is 2.14. The molecule has 0 spiro atoms. The molecule has 6 nitrogen and oxygen atoms in total. The van der Waals surface area contributed by atoms with E-state index >= 15 is 0 Å². The summed E-state index contributed by atoms with van der Waals surface area (Å²) in [4.78, 5) is 20.1. The van der Waals surface area contributed by atoms with Gasteiger partial charge in [-0.05, 0) is 0 Å². The van der Waals surface area contributed by atoms with Crippen LogP contribution < -0.4 is 5.43 Å². The van der Waals surface area contributed by atoms with E-state index in [2.05, 4.69) is 0 Å². The van der Waals surface area contributed by atoms with E-state index in [1.807, 2.05) is 0 Å². The van der Waals surface area contributed by atoms with Gasteiger partial charge in [0.15, 0.2) is 0 Å². The molecule has 0 aromatic carbocycles. The molecular formula is C5H6FN3O3. The number of nitrogens with one attached hydrogen (secondary N) is 1. The van der Waals surface area contributed by atoms with Crippen molar-refractivity contribution in [3.8, 4) is 6.19 Å². The smallest absolute Gasteiger partial charge is 0.305 e. The summed E-state index contributed by atoms with van der Waals surface area (Å²) in [5.41, 5.74) is 1.70. The second kappa shape index (κ2) is 5.03. The SMILES string of the molecule is N#CN(F)N[C@H](C=O)CC(=O)O. The van der Waals surface area contributed by atoms with Gasteiger partial charge < -0.3 is 9.90 Å². The Kier molecular flexibility index (Phi) is 4.33. The highest BCUT2D eigenvalue weighted by Crippen LogP contribution is 1.90. The van der Waals surface area contributed by atoms with Crippen molar-refractivity contribution in [1.29, 1.82) is 5.26 Å². The number of carboxylic acid groups (broad SMARTS) is 1. The molecular weight excluding hydrogens is 169 g/mol. The van der Waals surface area contributed by atoms with Crippen molar-refractivity contribution in [2.75, 3.05) is 0 Å². The van der Waals surface area contributed by atoms with Crippen molar-refractivity contribution in [2.45, 2.75) is 12.5 Å². The minimum Gasteiger partial charge on any atom is -0.481 e. The lowest BCUT2D eigenvalue weighted by molar-refractivity contribution is -0.139. The second-order valence-corrected chi connectivity index (χ2v) is 1.85. The second-order valence-electron chi connectivity index (χ2n) is 1.85. The fourth-order valence-corrected chi connectivity index (χ4v) is 0.487. The molecule has 0 rings (SSSR count). The fraction of sp³-hybridized carbons (Fsp3) is 0.400. The highest BCUT2D eigenvalue weighted by atomic mass is 19.2. The zero-order chi connectivity index (χ0) is 9.56. The first-order valence-corrected chi connectivity index (χ1v) is 2.89. The lowest BCUT2D eigenvalue weighted by atomic mass is 10.2. The van der Waals surface area contributed by atoms with Crippen molar-refractivity contribution in [3.05, 3.63) is 0 Å². The van der Waals surface area contributed by atoms with Crippen LogP contribution in [-0.4, -0.2) is 28.6 Å². The third-order valence-corrected chi connectivity index (χ3v) is 0.926. The molecule has 0 bridgehead atoms. The van der Waals surface area contributed by atoms with E-state index in [1.165, 1.54) is 0 Å². The van der Waals surface area contributed by atoms with Gasteiger partial charge >= 0.3 is 5.97 Å². The highest BCUT2D eigenvalue weighted by molar-refractivity contribution is 5.73. The number of aliphatic carboxylic acids is 1. The predicted molar refractivity (Wildman–Crippen MR) is 33.8 cm³/mol. The molecule has 12 heavy (non-hydrogen) atoms. The third-order valence-electron chi connectivity index (χ3n) is 0.926. The van der Waals surface area contributed by atoms with Gasteiger partial charge in [-0.25, -0.2) is 0 Å². The summed E-state index contributed by atoms with van der Waals surface area (Å²) in [6.45, 7) is 0. The first-order chi connectivity index (χ1) is 5.60. The van der Waals surface area contributed by atoms with Crippen LogP contribution in [0.15, 0.2) is 0 Å². The maximum atomic E-state index is 12.0. The van der Waals surface area contributed by atoms with Gasteiger partial charge in [-0.1, -0.05) is 9.71 Å². The van der Waals surface area contributed by atoms with Crippen molar-refractivity contribution in [2.24, 2.45) is 0 Å². The zero-order valence-corrected chi connectivity index (χ0v) is 5.90. The van der Waals surface area contributed by atoms with Crippen LogP contribution in [0.3, 0.4) is 0 Å².